The van der Waals surface area contributed by atoms with Gasteiger partial charge in [0.15, 0.2) is 0 Å². The standard InChI is InChI=1S/C8H5I2NO/c1-12-8-6(9)2-5(4-11)3-7(8)10/h2,8H,1H3. The van der Waals surface area contributed by atoms with E-state index in [2.05, 4.69) is 57.0 Å². The molecule has 0 aromatic carbocycles. The molecule has 1 unspecified atom stereocenters. The monoisotopic (exact) mass is 385 g/mol. The van der Waals surface area contributed by atoms with Gasteiger partial charge in [-0.15, -0.1) is 0 Å². The molecular weight excluding hydrogens is 380 g/mol. The summed E-state index contributed by atoms with van der Waals surface area (Å²) in [6, 6.07) is 2.05. The third-order valence-electron chi connectivity index (χ3n) is 1.37. The number of nitriles is 1. The van der Waals surface area contributed by atoms with Gasteiger partial charge in [0.05, 0.1) is 9.15 Å². The van der Waals surface area contributed by atoms with Gasteiger partial charge in [0, 0.05) is 10.7 Å². The quantitative estimate of drug-likeness (QED) is 0.514. The molecule has 0 bridgehead atoms. The van der Waals surface area contributed by atoms with E-state index in [1.54, 1.807) is 13.2 Å². The fourth-order valence-corrected chi connectivity index (χ4v) is 3.19. The van der Waals surface area contributed by atoms with Crippen LogP contribution in [-0.4, -0.2) is 13.2 Å². The number of allylic oxidation sites excluding steroid dienone is 1. The summed E-state index contributed by atoms with van der Waals surface area (Å²) in [5.41, 5.74) is 3.52. The first-order chi connectivity index (χ1) is 5.69. The summed E-state index contributed by atoms with van der Waals surface area (Å²) >= 11 is 4.31. The Morgan fingerprint density at radius 2 is 2.33 bits per heavy atom. The Kier molecular flexibility index (Phi) is 3.77. The molecule has 0 aromatic rings. The zero-order valence-corrected chi connectivity index (χ0v) is 10.6. The van der Waals surface area contributed by atoms with E-state index in [1.165, 1.54) is 0 Å². The van der Waals surface area contributed by atoms with Gasteiger partial charge in [0.1, 0.15) is 12.2 Å². The minimum Gasteiger partial charge on any atom is -0.370 e. The minimum atomic E-state index is -0.0247. The first-order valence-corrected chi connectivity index (χ1v) is 5.31. The maximum absolute atomic E-state index is 8.63. The summed E-state index contributed by atoms with van der Waals surface area (Å²) in [5.74, 6) is 0. The summed E-state index contributed by atoms with van der Waals surface area (Å²) in [7, 11) is 1.65. The maximum Gasteiger partial charge on any atom is 0.126 e. The third-order valence-corrected chi connectivity index (χ3v) is 3.09. The normalized spacial score (nSPS) is 22.2. The highest BCUT2D eigenvalue weighted by Gasteiger charge is 2.18. The minimum absolute atomic E-state index is 0.0247. The van der Waals surface area contributed by atoms with Crippen LogP contribution in [-0.2, 0) is 4.74 Å². The fraction of sp³-hybridized carbons (Fsp3) is 0.250. The molecule has 1 atom stereocenters. The van der Waals surface area contributed by atoms with Crippen molar-refractivity contribution in [3.05, 3.63) is 24.5 Å². The van der Waals surface area contributed by atoms with Crippen molar-refractivity contribution in [2.75, 3.05) is 7.11 Å². The van der Waals surface area contributed by atoms with Gasteiger partial charge in [-0.1, -0.05) is 5.73 Å². The molecule has 0 saturated carbocycles. The Morgan fingerprint density at radius 1 is 1.67 bits per heavy atom. The fourth-order valence-electron chi connectivity index (χ4n) is 0.841. The molecule has 0 fully saturated rings. The van der Waals surface area contributed by atoms with Crippen LogP contribution in [0.3, 0.4) is 0 Å². The molecular formula is C8H5I2NO. The first kappa shape index (κ1) is 10.3. The highest BCUT2D eigenvalue weighted by Crippen LogP contribution is 2.29. The summed E-state index contributed by atoms with van der Waals surface area (Å²) < 4.78 is 7.16. The Labute approximate surface area is 98.2 Å². The van der Waals surface area contributed by atoms with E-state index >= 15 is 0 Å². The third kappa shape index (κ3) is 2.10. The smallest absolute Gasteiger partial charge is 0.126 e. The first-order valence-electron chi connectivity index (χ1n) is 3.15. The SMILES string of the molecule is COC1C(I)=C=C(C#N)C=C1I. The predicted molar refractivity (Wildman–Crippen MR) is 63.1 cm³/mol. The number of nitrogens with zero attached hydrogens (tertiary/aromatic N) is 1. The second kappa shape index (κ2) is 4.42. The van der Waals surface area contributed by atoms with E-state index in [0.717, 1.165) is 7.16 Å². The molecule has 12 heavy (non-hydrogen) atoms. The molecule has 1 aliphatic rings. The van der Waals surface area contributed by atoms with Gasteiger partial charge in [0.2, 0.25) is 0 Å². The Hall–Kier alpha value is 0.170. The van der Waals surface area contributed by atoms with E-state index in [4.69, 9.17) is 10.00 Å². The molecule has 0 aromatic heterocycles. The van der Waals surface area contributed by atoms with Gasteiger partial charge >= 0.3 is 0 Å². The lowest BCUT2D eigenvalue weighted by molar-refractivity contribution is 0.174. The van der Waals surface area contributed by atoms with Gasteiger partial charge in [0.25, 0.3) is 0 Å². The van der Waals surface area contributed by atoms with Crippen molar-refractivity contribution in [1.29, 1.82) is 5.26 Å². The van der Waals surface area contributed by atoms with Crippen LogP contribution < -0.4 is 0 Å². The van der Waals surface area contributed by atoms with Gasteiger partial charge in [-0.25, -0.2) is 0 Å². The van der Waals surface area contributed by atoms with Gasteiger partial charge in [-0.2, -0.15) is 5.26 Å². The molecule has 1 aliphatic carbocycles. The van der Waals surface area contributed by atoms with Crippen molar-refractivity contribution in [1.82, 2.24) is 0 Å². The van der Waals surface area contributed by atoms with E-state index in [0.29, 0.717) is 5.57 Å². The van der Waals surface area contributed by atoms with Crippen LogP contribution in [0.15, 0.2) is 24.5 Å². The summed E-state index contributed by atoms with van der Waals surface area (Å²) in [5, 5.41) is 8.63. The second-order valence-corrected chi connectivity index (χ2v) is 4.55. The maximum atomic E-state index is 8.63. The molecule has 0 saturated heterocycles. The number of hydrogen-bond donors (Lipinski definition) is 0. The van der Waals surface area contributed by atoms with Gasteiger partial charge in [-0.3, -0.25) is 0 Å². The van der Waals surface area contributed by atoms with Crippen LogP contribution in [0.4, 0.5) is 0 Å². The van der Waals surface area contributed by atoms with E-state index in [1.807, 2.05) is 0 Å². The zero-order valence-electron chi connectivity index (χ0n) is 6.27. The average molecular weight is 385 g/mol. The molecule has 0 radical (unpaired) electrons. The van der Waals surface area contributed by atoms with Crippen molar-refractivity contribution < 1.29 is 4.74 Å². The molecule has 0 heterocycles. The predicted octanol–water partition coefficient (Wildman–Crippen LogP) is 2.70. The van der Waals surface area contributed by atoms with Crippen LogP contribution in [0.5, 0.6) is 0 Å². The molecule has 62 valence electrons. The highest BCUT2D eigenvalue weighted by molar-refractivity contribution is 14.1. The van der Waals surface area contributed by atoms with Crippen LogP contribution in [0, 0.1) is 11.3 Å². The molecule has 4 heteroatoms. The van der Waals surface area contributed by atoms with Crippen molar-refractivity contribution >= 4 is 45.2 Å². The summed E-state index contributed by atoms with van der Waals surface area (Å²) in [6.07, 6.45) is 1.76. The number of halogens is 2. The van der Waals surface area contributed by atoms with Crippen LogP contribution in [0.1, 0.15) is 0 Å². The van der Waals surface area contributed by atoms with Crippen LogP contribution in [0.25, 0.3) is 0 Å². The zero-order chi connectivity index (χ0) is 9.14. The number of ether oxygens (including phenoxy) is 1. The van der Waals surface area contributed by atoms with Crippen molar-refractivity contribution in [3.63, 3.8) is 0 Å². The summed E-state index contributed by atoms with van der Waals surface area (Å²) in [4.78, 5) is 0. The topological polar surface area (TPSA) is 33.0 Å². The lowest BCUT2D eigenvalue weighted by Gasteiger charge is -2.15. The molecule has 2 nitrogen and oxygen atoms in total. The van der Waals surface area contributed by atoms with E-state index < -0.39 is 0 Å². The Morgan fingerprint density at radius 3 is 2.75 bits per heavy atom. The average Bonchev–Trinajstić information content (AvgIpc) is 2.03. The highest BCUT2D eigenvalue weighted by atomic mass is 127. The molecule has 0 spiro atoms. The van der Waals surface area contributed by atoms with Crippen molar-refractivity contribution in [2.45, 2.75) is 6.10 Å². The Balaban J connectivity index is 3.13. The largest absolute Gasteiger partial charge is 0.370 e. The summed E-state index contributed by atoms with van der Waals surface area (Å²) in [6.45, 7) is 0. The van der Waals surface area contributed by atoms with Gasteiger partial charge < -0.3 is 4.74 Å². The van der Waals surface area contributed by atoms with Crippen LogP contribution in [0.2, 0.25) is 0 Å². The lowest BCUT2D eigenvalue weighted by Crippen LogP contribution is -2.12. The molecule has 0 aliphatic heterocycles. The molecule has 1 rings (SSSR count). The lowest BCUT2D eigenvalue weighted by atomic mass is 10.1. The van der Waals surface area contributed by atoms with E-state index in [9.17, 15) is 0 Å². The Bertz CT molecular complexity index is 331. The van der Waals surface area contributed by atoms with Crippen LogP contribution >= 0.6 is 45.2 Å². The number of rotatable bonds is 1. The van der Waals surface area contributed by atoms with E-state index in [-0.39, 0.29) is 6.10 Å². The van der Waals surface area contributed by atoms with Crippen molar-refractivity contribution in [3.8, 4) is 6.07 Å². The number of methoxy groups -OCH3 is 1. The molecule has 0 N–H and O–H groups in total. The van der Waals surface area contributed by atoms with Gasteiger partial charge in [-0.05, 0) is 51.3 Å². The second-order valence-electron chi connectivity index (χ2n) is 2.14. The van der Waals surface area contributed by atoms with Crippen molar-refractivity contribution in [2.24, 2.45) is 0 Å². The molecule has 0 amide bonds. The number of hydrogen-bond acceptors (Lipinski definition) is 2.